The first-order chi connectivity index (χ1) is 16.7. The van der Waals surface area contributed by atoms with Crippen LogP contribution in [0.4, 0.5) is 0 Å². The summed E-state index contributed by atoms with van der Waals surface area (Å²) in [6.07, 6.45) is -2.18. The number of hydrogen-bond acceptors (Lipinski definition) is 12. The topological polar surface area (TPSA) is 248 Å². The number of esters is 1. The number of aliphatic carboxylic acids is 1. The van der Waals surface area contributed by atoms with Crippen LogP contribution >= 0.6 is 11.8 Å². The molecule has 0 spiro atoms. The van der Waals surface area contributed by atoms with Gasteiger partial charge in [0.25, 0.3) is 0 Å². The zero-order valence-electron chi connectivity index (χ0n) is 20.4. The van der Waals surface area contributed by atoms with Gasteiger partial charge in [-0.1, -0.05) is 25.6 Å². The van der Waals surface area contributed by atoms with Gasteiger partial charge in [-0.05, 0) is 6.42 Å². The van der Waals surface area contributed by atoms with Gasteiger partial charge >= 0.3 is 11.9 Å². The first kappa shape index (κ1) is 33.4. The van der Waals surface area contributed by atoms with E-state index in [4.69, 9.17) is 26.4 Å². The van der Waals surface area contributed by atoms with E-state index in [2.05, 4.69) is 10.6 Å². The molecule has 14 nitrogen and oxygen atoms in total. The largest absolute Gasteiger partial charge is 0.480 e. The fraction of sp³-hybridized carbons (Fsp3) is 0.714. The number of Topliss-reactive ketones (excluding diaryl/α,β-unsaturated/α-hetero) is 1. The predicted molar refractivity (Wildman–Crippen MR) is 128 cm³/mol. The molecule has 0 heterocycles. The van der Waals surface area contributed by atoms with Crippen molar-refractivity contribution < 1.29 is 48.8 Å². The number of nitrogens with two attached hydrogens (primary N) is 2. The second-order valence-electron chi connectivity index (χ2n) is 8.60. The summed E-state index contributed by atoms with van der Waals surface area (Å²) in [5, 5.41) is 32.2. The molecule has 2 amide bonds. The van der Waals surface area contributed by atoms with Crippen molar-refractivity contribution in [3.8, 4) is 0 Å². The monoisotopic (exact) mass is 536 g/mol. The number of ketones is 1. The Hall–Kier alpha value is -2.59. The minimum atomic E-state index is -1.55. The number of carboxylic acid groups (broad SMARTS) is 1. The van der Waals surface area contributed by atoms with Crippen LogP contribution < -0.4 is 22.1 Å². The molecule has 206 valence electrons. The summed E-state index contributed by atoms with van der Waals surface area (Å²) in [5.74, 6) is -3.48. The minimum Gasteiger partial charge on any atom is -0.480 e. The number of carbonyl (C=O) groups excluding carboxylic acids is 5. The van der Waals surface area contributed by atoms with E-state index in [1.807, 2.05) is 0 Å². The number of carbonyl (C=O) groups is 6. The lowest BCUT2D eigenvalue weighted by molar-refractivity contribution is -0.155. The summed E-state index contributed by atoms with van der Waals surface area (Å²) in [6, 6.07) is -2.38. The van der Waals surface area contributed by atoms with Crippen LogP contribution in [0.1, 0.15) is 39.5 Å². The lowest BCUT2D eigenvalue weighted by atomic mass is 9.87. The minimum absolute atomic E-state index is 0.0555. The summed E-state index contributed by atoms with van der Waals surface area (Å²) in [7, 11) is 0. The number of nitrogens with one attached hydrogen (secondary N) is 2. The number of aliphatic hydroxyl groups is 2. The van der Waals surface area contributed by atoms with E-state index < -0.39 is 64.9 Å². The number of ether oxygens (including phenoxy) is 1. The van der Waals surface area contributed by atoms with Gasteiger partial charge in [0.15, 0.2) is 5.12 Å². The lowest BCUT2D eigenvalue weighted by Crippen LogP contribution is -2.47. The zero-order valence-corrected chi connectivity index (χ0v) is 21.2. The average molecular weight is 537 g/mol. The molecule has 0 aliphatic rings. The molecular weight excluding hydrogens is 500 g/mol. The van der Waals surface area contributed by atoms with Gasteiger partial charge in [0, 0.05) is 37.1 Å². The fourth-order valence-electron chi connectivity index (χ4n) is 2.45. The Balaban J connectivity index is 4.12. The summed E-state index contributed by atoms with van der Waals surface area (Å²) in [4.78, 5) is 69.6. The number of hydrogen-bond donors (Lipinski definition) is 7. The Labute approximate surface area is 212 Å². The Morgan fingerprint density at radius 3 is 2.22 bits per heavy atom. The van der Waals surface area contributed by atoms with Crippen molar-refractivity contribution in [2.75, 3.05) is 32.1 Å². The van der Waals surface area contributed by atoms with E-state index in [0.29, 0.717) is 0 Å². The molecule has 0 radical (unpaired) electrons. The Bertz CT molecular complexity index is 793. The lowest BCUT2D eigenvalue weighted by Gasteiger charge is -2.29. The van der Waals surface area contributed by atoms with Gasteiger partial charge in [0.2, 0.25) is 11.8 Å². The van der Waals surface area contributed by atoms with Gasteiger partial charge in [-0.3, -0.25) is 28.8 Å². The Kier molecular flexibility index (Phi) is 15.7. The molecule has 0 bridgehead atoms. The van der Waals surface area contributed by atoms with Crippen LogP contribution in [-0.2, 0) is 33.5 Å². The van der Waals surface area contributed by atoms with Gasteiger partial charge in [0.05, 0.1) is 19.6 Å². The summed E-state index contributed by atoms with van der Waals surface area (Å²) in [6.45, 7) is 2.10. The number of aliphatic hydroxyl groups excluding tert-OH is 2. The van der Waals surface area contributed by atoms with E-state index in [1.165, 1.54) is 13.8 Å². The highest BCUT2D eigenvalue weighted by molar-refractivity contribution is 8.13. The van der Waals surface area contributed by atoms with E-state index in [0.717, 1.165) is 11.8 Å². The standard InChI is InChI=1S/C21H36N4O10S/c1-21(2,11-35-20(34)14(23)10-26)17(30)18(31)25-6-5-15(28)24-7-8-36-16(29)9-12(27)3-4-13(22)19(32)33/h13-14,17,26,30H,3-11,22-23H2,1-2H3,(H,24,28)(H,25,31)(H,32,33)/t13-,14-,17-/m0/s1. The molecule has 0 aliphatic heterocycles. The van der Waals surface area contributed by atoms with E-state index >= 15 is 0 Å². The first-order valence-electron chi connectivity index (χ1n) is 11.1. The summed E-state index contributed by atoms with van der Waals surface area (Å²) >= 11 is 0.850. The molecule has 0 rings (SSSR count). The molecule has 36 heavy (non-hydrogen) atoms. The third kappa shape index (κ3) is 14.1. The maximum atomic E-state index is 12.1. The third-order valence-corrected chi connectivity index (χ3v) is 5.68. The van der Waals surface area contributed by atoms with Gasteiger partial charge in [-0.15, -0.1) is 0 Å². The molecule has 0 saturated carbocycles. The maximum Gasteiger partial charge on any atom is 0.325 e. The molecular formula is C21H36N4O10S. The van der Waals surface area contributed by atoms with Crippen molar-refractivity contribution in [1.29, 1.82) is 0 Å². The number of thioether (sulfide) groups is 1. The van der Waals surface area contributed by atoms with E-state index in [1.54, 1.807) is 0 Å². The Morgan fingerprint density at radius 1 is 1.00 bits per heavy atom. The van der Waals surface area contributed by atoms with Crippen LogP contribution in [0.3, 0.4) is 0 Å². The quantitative estimate of drug-likeness (QED) is 0.0534. The van der Waals surface area contributed by atoms with Crippen LogP contribution in [0.5, 0.6) is 0 Å². The first-order valence-corrected chi connectivity index (χ1v) is 12.1. The second kappa shape index (κ2) is 17.0. The number of rotatable bonds is 18. The van der Waals surface area contributed by atoms with E-state index in [9.17, 15) is 33.9 Å². The number of carboxylic acids is 1. The predicted octanol–water partition coefficient (Wildman–Crippen LogP) is -2.73. The SMILES string of the molecule is CC(C)(COC(=O)[C@@H](N)CO)[C@@H](O)C(=O)NCCC(=O)NCCSC(=O)CC(=O)CC[C@H](N)C(=O)O. The van der Waals surface area contributed by atoms with Crippen LogP contribution in [0, 0.1) is 5.41 Å². The van der Waals surface area contributed by atoms with Gasteiger partial charge in [0.1, 0.15) is 24.0 Å². The highest BCUT2D eigenvalue weighted by Crippen LogP contribution is 2.21. The van der Waals surface area contributed by atoms with Crippen molar-refractivity contribution in [3.63, 3.8) is 0 Å². The molecule has 0 unspecified atom stereocenters. The van der Waals surface area contributed by atoms with Crippen LogP contribution in [0.25, 0.3) is 0 Å². The van der Waals surface area contributed by atoms with Crippen LogP contribution in [-0.4, -0.2) is 100 Å². The van der Waals surface area contributed by atoms with Gasteiger partial charge in [-0.25, -0.2) is 0 Å². The molecule has 0 aromatic rings. The average Bonchev–Trinajstić information content (AvgIpc) is 2.82. The normalized spacial score (nSPS) is 13.7. The van der Waals surface area contributed by atoms with Crippen molar-refractivity contribution in [3.05, 3.63) is 0 Å². The van der Waals surface area contributed by atoms with Crippen molar-refractivity contribution in [2.45, 2.75) is 57.7 Å². The molecule has 0 saturated heterocycles. The zero-order chi connectivity index (χ0) is 27.9. The summed E-state index contributed by atoms with van der Waals surface area (Å²) < 4.78 is 4.90. The van der Waals surface area contributed by atoms with Crippen molar-refractivity contribution in [2.24, 2.45) is 16.9 Å². The molecule has 15 heteroatoms. The van der Waals surface area contributed by atoms with Crippen LogP contribution in [0.15, 0.2) is 0 Å². The Morgan fingerprint density at radius 2 is 1.64 bits per heavy atom. The maximum absolute atomic E-state index is 12.1. The fourth-order valence-corrected chi connectivity index (χ4v) is 3.15. The highest BCUT2D eigenvalue weighted by atomic mass is 32.2. The highest BCUT2D eigenvalue weighted by Gasteiger charge is 2.35. The smallest absolute Gasteiger partial charge is 0.325 e. The third-order valence-electron chi connectivity index (χ3n) is 4.81. The second-order valence-corrected chi connectivity index (χ2v) is 9.75. The van der Waals surface area contributed by atoms with Crippen LogP contribution in [0.2, 0.25) is 0 Å². The molecule has 9 N–H and O–H groups in total. The van der Waals surface area contributed by atoms with Crippen molar-refractivity contribution >= 4 is 46.4 Å². The van der Waals surface area contributed by atoms with Gasteiger partial charge in [-0.2, -0.15) is 0 Å². The van der Waals surface area contributed by atoms with Gasteiger partial charge < -0.3 is 42.2 Å². The van der Waals surface area contributed by atoms with Crippen molar-refractivity contribution in [1.82, 2.24) is 10.6 Å². The molecule has 0 aromatic carbocycles. The molecule has 3 atom stereocenters. The number of amides is 2. The molecule has 0 aliphatic carbocycles. The molecule has 0 aromatic heterocycles. The summed E-state index contributed by atoms with van der Waals surface area (Å²) in [5.41, 5.74) is 9.46. The van der Waals surface area contributed by atoms with E-state index in [-0.39, 0.29) is 51.1 Å². The molecule has 0 fully saturated rings.